The van der Waals surface area contributed by atoms with Crippen molar-refractivity contribution in [2.24, 2.45) is 17.2 Å². The van der Waals surface area contributed by atoms with E-state index in [-0.39, 0.29) is 44.4 Å². The van der Waals surface area contributed by atoms with Crippen molar-refractivity contribution in [1.82, 2.24) is 15.5 Å². The number of carbonyl (C=O) groups is 5. The van der Waals surface area contributed by atoms with Crippen LogP contribution in [0.1, 0.15) is 50.5 Å². The number of amides is 4. The third-order valence-corrected chi connectivity index (χ3v) is 6.42. The molecule has 0 radical (unpaired) electrons. The molecule has 210 valence electrons. The van der Waals surface area contributed by atoms with Crippen LogP contribution >= 0.6 is 0 Å². The van der Waals surface area contributed by atoms with Crippen LogP contribution in [0.3, 0.4) is 0 Å². The van der Waals surface area contributed by atoms with Gasteiger partial charge in [-0.1, -0.05) is 12.1 Å². The third-order valence-electron chi connectivity index (χ3n) is 6.42. The largest absolute Gasteiger partial charge is 0.508 e. The van der Waals surface area contributed by atoms with Gasteiger partial charge in [-0.2, -0.15) is 0 Å². The number of carbonyl (C=O) groups excluding carboxylic acids is 4. The smallest absolute Gasteiger partial charge is 0.326 e. The van der Waals surface area contributed by atoms with Gasteiger partial charge in [0.05, 0.1) is 6.04 Å². The first-order valence-corrected chi connectivity index (χ1v) is 12.7. The van der Waals surface area contributed by atoms with E-state index >= 15 is 0 Å². The zero-order valence-electron chi connectivity index (χ0n) is 21.3. The number of primary amides is 1. The van der Waals surface area contributed by atoms with E-state index in [1.54, 1.807) is 12.1 Å². The summed E-state index contributed by atoms with van der Waals surface area (Å²) in [5.41, 5.74) is 17.6. The average Bonchev–Trinajstić information content (AvgIpc) is 3.37. The number of aliphatic carboxylic acids is 1. The highest BCUT2D eigenvalue weighted by molar-refractivity contribution is 5.94. The predicted molar refractivity (Wildman–Crippen MR) is 137 cm³/mol. The summed E-state index contributed by atoms with van der Waals surface area (Å²) in [4.78, 5) is 63.4. The van der Waals surface area contributed by atoms with Crippen LogP contribution in [0, 0.1) is 0 Å². The summed E-state index contributed by atoms with van der Waals surface area (Å²) in [6.07, 6.45) is 1.95. The average molecular weight is 535 g/mol. The minimum atomic E-state index is -1.20. The fraction of sp³-hybridized carbons (Fsp3) is 0.560. The summed E-state index contributed by atoms with van der Waals surface area (Å²) in [6, 6.07) is 1.96. The molecule has 0 aromatic heterocycles. The number of aromatic hydroxyl groups is 1. The first-order valence-electron chi connectivity index (χ1n) is 12.7. The number of rotatable bonds is 15. The highest BCUT2D eigenvalue weighted by atomic mass is 16.4. The Labute approximate surface area is 221 Å². The summed E-state index contributed by atoms with van der Waals surface area (Å²) in [5.74, 6) is -3.63. The lowest BCUT2D eigenvalue weighted by Gasteiger charge is -2.29. The van der Waals surface area contributed by atoms with Crippen LogP contribution in [0.5, 0.6) is 5.75 Å². The maximum Gasteiger partial charge on any atom is 0.326 e. The molecule has 13 nitrogen and oxygen atoms in total. The monoisotopic (exact) mass is 534 g/mol. The first-order chi connectivity index (χ1) is 18.0. The fourth-order valence-corrected chi connectivity index (χ4v) is 4.32. The molecular formula is C25H38N6O7. The number of hydrogen-bond acceptors (Lipinski definition) is 8. The zero-order valence-corrected chi connectivity index (χ0v) is 21.3. The number of phenols is 1. The Bertz CT molecular complexity index is 987. The van der Waals surface area contributed by atoms with E-state index in [2.05, 4.69) is 10.6 Å². The van der Waals surface area contributed by atoms with Crippen LogP contribution in [0.2, 0.25) is 0 Å². The molecule has 1 heterocycles. The molecule has 38 heavy (non-hydrogen) atoms. The maximum atomic E-state index is 13.3. The Hall–Kier alpha value is -3.71. The van der Waals surface area contributed by atoms with E-state index in [4.69, 9.17) is 17.2 Å². The molecule has 1 aliphatic heterocycles. The van der Waals surface area contributed by atoms with Gasteiger partial charge >= 0.3 is 5.97 Å². The van der Waals surface area contributed by atoms with Crippen LogP contribution < -0.4 is 27.8 Å². The number of carboxylic acid groups (broad SMARTS) is 1. The van der Waals surface area contributed by atoms with Crippen molar-refractivity contribution in [1.29, 1.82) is 0 Å². The van der Waals surface area contributed by atoms with Gasteiger partial charge in [0.1, 0.15) is 23.9 Å². The number of hydrogen-bond donors (Lipinski definition) is 7. The van der Waals surface area contributed by atoms with Gasteiger partial charge in [-0.3, -0.25) is 19.2 Å². The summed E-state index contributed by atoms with van der Waals surface area (Å²) >= 11 is 0. The normalized spacial score (nSPS) is 17.3. The van der Waals surface area contributed by atoms with Crippen LogP contribution in [0.25, 0.3) is 0 Å². The van der Waals surface area contributed by atoms with Crippen molar-refractivity contribution in [3.63, 3.8) is 0 Å². The van der Waals surface area contributed by atoms with E-state index in [1.165, 1.54) is 17.0 Å². The molecule has 1 aromatic rings. The van der Waals surface area contributed by atoms with Crippen molar-refractivity contribution < 1.29 is 34.2 Å². The summed E-state index contributed by atoms with van der Waals surface area (Å²) < 4.78 is 0. The van der Waals surface area contributed by atoms with Gasteiger partial charge < -0.3 is 42.9 Å². The minimum absolute atomic E-state index is 0.0763. The van der Waals surface area contributed by atoms with Gasteiger partial charge in [-0.15, -0.1) is 0 Å². The Morgan fingerprint density at radius 1 is 1.00 bits per heavy atom. The fourth-order valence-electron chi connectivity index (χ4n) is 4.32. The second-order valence-corrected chi connectivity index (χ2v) is 9.42. The molecule has 1 aliphatic rings. The molecule has 2 rings (SSSR count). The summed E-state index contributed by atoms with van der Waals surface area (Å²) in [5, 5.41) is 24.1. The van der Waals surface area contributed by atoms with Crippen LogP contribution in [0.15, 0.2) is 24.3 Å². The minimum Gasteiger partial charge on any atom is -0.508 e. The maximum absolute atomic E-state index is 13.3. The number of nitrogens with two attached hydrogens (primary N) is 3. The van der Waals surface area contributed by atoms with Crippen molar-refractivity contribution >= 4 is 29.6 Å². The van der Waals surface area contributed by atoms with Crippen molar-refractivity contribution in [2.75, 3.05) is 13.1 Å². The topological polar surface area (TPSA) is 231 Å². The zero-order chi connectivity index (χ0) is 28.2. The van der Waals surface area contributed by atoms with Crippen molar-refractivity contribution in [3.05, 3.63) is 29.8 Å². The quantitative estimate of drug-likeness (QED) is 0.132. The van der Waals surface area contributed by atoms with Gasteiger partial charge in [-0.05, 0) is 69.2 Å². The Balaban J connectivity index is 2.14. The number of nitrogens with zero attached hydrogens (tertiary/aromatic N) is 1. The lowest BCUT2D eigenvalue weighted by molar-refractivity contribution is -0.149. The molecule has 4 atom stereocenters. The van der Waals surface area contributed by atoms with Gasteiger partial charge in [0.15, 0.2) is 0 Å². The molecule has 13 heteroatoms. The molecule has 4 unspecified atom stereocenters. The van der Waals surface area contributed by atoms with Gasteiger partial charge in [0, 0.05) is 13.0 Å². The third kappa shape index (κ3) is 9.30. The van der Waals surface area contributed by atoms with E-state index in [9.17, 15) is 34.2 Å². The highest BCUT2D eigenvalue weighted by Crippen LogP contribution is 2.20. The van der Waals surface area contributed by atoms with Crippen molar-refractivity contribution in [2.45, 2.75) is 75.5 Å². The van der Waals surface area contributed by atoms with Crippen LogP contribution in [-0.2, 0) is 30.4 Å². The molecule has 0 aliphatic carbocycles. The Kier molecular flexibility index (Phi) is 12.0. The lowest BCUT2D eigenvalue weighted by atomic mass is 10.0. The van der Waals surface area contributed by atoms with Crippen LogP contribution in [0.4, 0.5) is 0 Å². The second-order valence-electron chi connectivity index (χ2n) is 9.42. The van der Waals surface area contributed by atoms with Gasteiger partial charge in [-0.25, -0.2) is 4.79 Å². The van der Waals surface area contributed by atoms with E-state index in [1.807, 2.05) is 0 Å². The summed E-state index contributed by atoms with van der Waals surface area (Å²) in [6.45, 7) is 0.593. The molecule has 1 saturated heterocycles. The summed E-state index contributed by atoms with van der Waals surface area (Å²) in [7, 11) is 0. The van der Waals surface area contributed by atoms with Crippen LogP contribution in [-0.4, -0.2) is 82.0 Å². The number of nitrogens with one attached hydrogen (secondary N) is 2. The van der Waals surface area contributed by atoms with E-state index in [0.717, 1.165) is 0 Å². The SMILES string of the molecule is NCCCCC(NC(=O)C(N)Cc1ccc(O)cc1)C(=O)NC(CCC(N)=O)C(=O)N1CCCC1C(=O)O. The number of unbranched alkanes of at least 4 members (excludes halogenated alkanes) is 1. The molecule has 0 spiro atoms. The molecule has 10 N–H and O–H groups in total. The van der Waals surface area contributed by atoms with Crippen molar-refractivity contribution in [3.8, 4) is 5.75 Å². The molecule has 1 aromatic carbocycles. The van der Waals surface area contributed by atoms with Gasteiger partial charge in [0.25, 0.3) is 0 Å². The first kappa shape index (κ1) is 30.5. The van der Waals surface area contributed by atoms with E-state index < -0.39 is 53.8 Å². The number of phenolic OH excluding ortho intramolecular Hbond substituents is 1. The molecule has 0 saturated carbocycles. The highest BCUT2D eigenvalue weighted by Gasteiger charge is 2.38. The van der Waals surface area contributed by atoms with E-state index in [0.29, 0.717) is 31.4 Å². The number of likely N-dealkylation sites (tertiary alicyclic amines) is 1. The number of benzene rings is 1. The number of carboxylic acids is 1. The predicted octanol–water partition coefficient (Wildman–Crippen LogP) is -1.30. The molecule has 4 amide bonds. The second kappa shape index (κ2) is 14.9. The Morgan fingerprint density at radius 3 is 2.26 bits per heavy atom. The standard InChI is InChI=1S/C25H38N6O7/c26-12-2-1-4-18(29-22(34)17(27)14-15-6-8-16(32)9-7-15)23(35)30-19(10-11-21(28)33)24(36)31-13-3-5-20(31)25(37)38/h6-9,17-20,32H,1-5,10-14,26-27H2,(H2,28,33)(H,29,34)(H,30,35)(H,37,38). The molecule has 1 fully saturated rings. The molecular weight excluding hydrogens is 496 g/mol. The Morgan fingerprint density at radius 2 is 1.66 bits per heavy atom. The molecule has 0 bridgehead atoms. The van der Waals surface area contributed by atoms with Gasteiger partial charge in [0.2, 0.25) is 23.6 Å². The lowest BCUT2D eigenvalue weighted by Crippen LogP contribution is -2.57.